The van der Waals surface area contributed by atoms with Crippen LogP contribution in [0, 0.1) is 12.8 Å². The molecule has 1 aliphatic carbocycles. The summed E-state index contributed by atoms with van der Waals surface area (Å²) < 4.78 is 3.18. The van der Waals surface area contributed by atoms with Gasteiger partial charge in [-0.05, 0) is 91.6 Å². The van der Waals surface area contributed by atoms with Crippen LogP contribution in [-0.4, -0.2) is 41.9 Å². The normalized spacial score (nSPS) is 15.7. The fourth-order valence-corrected chi connectivity index (χ4v) is 7.55. The fraction of sp³-hybridized carbons (Fsp3) is 0.237. The highest BCUT2D eigenvalue weighted by molar-refractivity contribution is 6.35. The van der Waals surface area contributed by atoms with Gasteiger partial charge >= 0.3 is 0 Å². The summed E-state index contributed by atoms with van der Waals surface area (Å²) in [7, 11) is 0. The van der Waals surface area contributed by atoms with Gasteiger partial charge in [-0.1, -0.05) is 48.9 Å². The van der Waals surface area contributed by atoms with Gasteiger partial charge in [-0.25, -0.2) is 9.50 Å². The van der Waals surface area contributed by atoms with Crippen molar-refractivity contribution in [1.82, 2.24) is 24.1 Å². The number of benzene rings is 3. The third-order valence-electron chi connectivity index (χ3n) is 9.98. The van der Waals surface area contributed by atoms with E-state index >= 15 is 0 Å². The van der Waals surface area contributed by atoms with Crippen LogP contribution in [0.15, 0.2) is 83.8 Å². The van der Waals surface area contributed by atoms with Gasteiger partial charge in [0.2, 0.25) is 0 Å². The zero-order valence-corrected chi connectivity index (χ0v) is 27.5. The van der Waals surface area contributed by atoms with Crippen LogP contribution in [0.4, 0.5) is 0 Å². The number of halogens is 1. The number of nitrogens with two attached hydrogens (primary N) is 1. The molecule has 0 radical (unpaired) electrons. The maximum atomic E-state index is 14.0. The Balaban J connectivity index is 1.25. The van der Waals surface area contributed by atoms with E-state index in [0.717, 1.165) is 22.3 Å². The van der Waals surface area contributed by atoms with Crippen LogP contribution in [0.3, 0.4) is 0 Å². The monoisotopic (exact) mass is 656 g/mol. The summed E-state index contributed by atoms with van der Waals surface area (Å²) in [6, 6.07) is 22.6. The standard InChI is InChI=1S/C38H33ClN6O3/c1-20-16-25(17-26-19-43(37(47)31(20)26)22(3)23-12-13-23)29-14-15-44-36(41-29)33(35(40)46)34(42-44)21(2)30-18-24-8-7-11-28(39)32(24)38(48)45(30)27-9-5-4-6-10-27/h4-11,14-18,21-23H,12-13,19H2,1-3H3,(H2,40,46)/t21-,22-/m0/s1. The molecule has 2 atom stereocenters. The van der Waals surface area contributed by atoms with Gasteiger partial charge in [0.05, 0.1) is 21.8 Å². The summed E-state index contributed by atoms with van der Waals surface area (Å²) in [5.74, 6) is -0.546. The Morgan fingerprint density at radius 2 is 1.77 bits per heavy atom. The molecule has 9 nitrogen and oxygen atoms in total. The Morgan fingerprint density at radius 3 is 2.50 bits per heavy atom. The van der Waals surface area contributed by atoms with Gasteiger partial charge < -0.3 is 10.6 Å². The van der Waals surface area contributed by atoms with Gasteiger partial charge in [0, 0.05) is 47.2 Å². The molecule has 4 heterocycles. The molecule has 0 spiro atoms. The van der Waals surface area contributed by atoms with Crippen molar-refractivity contribution >= 4 is 39.8 Å². The molecule has 6 aromatic rings. The molecule has 10 heteroatoms. The topological polar surface area (TPSA) is 116 Å². The maximum absolute atomic E-state index is 14.0. The first kappa shape index (κ1) is 30.1. The van der Waals surface area contributed by atoms with Gasteiger partial charge in [0.25, 0.3) is 17.4 Å². The molecule has 240 valence electrons. The number of aromatic nitrogens is 4. The predicted octanol–water partition coefficient (Wildman–Crippen LogP) is 6.67. The molecule has 8 rings (SSSR count). The van der Waals surface area contributed by atoms with Crippen LogP contribution >= 0.6 is 11.6 Å². The minimum atomic E-state index is -0.672. The first-order valence-electron chi connectivity index (χ1n) is 16.2. The lowest BCUT2D eigenvalue weighted by molar-refractivity contribution is 0.0697. The number of para-hydroxylation sites is 1. The Labute approximate surface area is 281 Å². The summed E-state index contributed by atoms with van der Waals surface area (Å²) in [6.07, 6.45) is 4.10. The molecule has 1 aliphatic heterocycles. The molecule has 2 amide bonds. The second-order valence-corrected chi connectivity index (χ2v) is 13.4. The van der Waals surface area contributed by atoms with Crippen LogP contribution in [-0.2, 0) is 6.54 Å². The highest BCUT2D eigenvalue weighted by Gasteiger charge is 2.39. The van der Waals surface area contributed by atoms with Gasteiger partial charge in [0.15, 0.2) is 5.65 Å². The number of hydrogen-bond donors (Lipinski definition) is 1. The van der Waals surface area contributed by atoms with E-state index in [1.54, 1.807) is 27.4 Å². The first-order valence-corrected chi connectivity index (χ1v) is 16.5. The van der Waals surface area contributed by atoms with Gasteiger partial charge in [-0.3, -0.25) is 19.0 Å². The molecule has 0 bridgehead atoms. The quantitative estimate of drug-likeness (QED) is 0.206. The van der Waals surface area contributed by atoms with Crippen LogP contribution in [0.25, 0.3) is 33.4 Å². The summed E-state index contributed by atoms with van der Waals surface area (Å²) in [5, 5.41) is 6.26. The van der Waals surface area contributed by atoms with Gasteiger partial charge in [-0.15, -0.1) is 0 Å². The van der Waals surface area contributed by atoms with Crippen molar-refractivity contribution in [1.29, 1.82) is 0 Å². The predicted molar refractivity (Wildman–Crippen MR) is 186 cm³/mol. The van der Waals surface area contributed by atoms with Crippen LogP contribution in [0.2, 0.25) is 5.02 Å². The highest BCUT2D eigenvalue weighted by Crippen LogP contribution is 2.40. The molecule has 2 aliphatic rings. The lowest BCUT2D eigenvalue weighted by atomic mass is 9.96. The van der Waals surface area contributed by atoms with E-state index in [0.29, 0.717) is 56.7 Å². The number of aryl methyl sites for hydroxylation is 1. The average Bonchev–Trinajstić information content (AvgIpc) is 3.77. The summed E-state index contributed by atoms with van der Waals surface area (Å²) >= 11 is 6.52. The zero-order chi connectivity index (χ0) is 33.4. The lowest BCUT2D eigenvalue weighted by Gasteiger charge is -2.24. The number of fused-ring (bicyclic) bond motifs is 3. The number of nitrogens with zero attached hydrogens (tertiary/aromatic N) is 5. The van der Waals surface area contributed by atoms with E-state index in [1.165, 1.54) is 12.8 Å². The van der Waals surface area contributed by atoms with Gasteiger partial charge in [-0.2, -0.15) is 5.10 Å². The number of carbonyl (C=O) groups is 2. The third-order valence-corrected chi connectivity index (χ3v) is 10.3. The molecule has 3 aromatic carbocycles. The molecule has 3 aromatic heterocycles. The third kappa shape index (κ3) is 4.72. The number of primary amides is 1. The molecular formula is C38H33ClN6O3. The molecule has 0 unspecified atom stereocenters. The first-order chi connectivity index (χ1) is 23.1. The minimum absolute atomic E-state index is 0.0900. The maximum Gasteiger partial charge on any atom is 0.264 e. The van der Waals surface area contributed by atoms with Crippen LogP contribution in [0.1, 0.15) is 75.8 Å². The molecule has 1 fully saturated rings. The van der Waals surface area contributed by atoms with E-state index < -0.39 is 11.8 Å². The Kier molecular flexibility index (Phi) is 7.00. The number of pyridine rings is 1. The smallest absolute Gasteiger partial charge is 0.264 e. The van der Waals surface area contributed by atoms with Crippen molar-refractivity contribution in [2.45, 2.75) is 52.1 Å². The van der Waals surface area contributed by atoms with Crippen molar-refractivity contribution in [2.75, 3.05) is 0 Å². The second-order valence-electron chi connectivity index (χ2n) is 13.0. The summed E-state index contributed by atoms with van der Waals surface area (Å²) in [4.78, 5) is 47.5. The number of amides is 2. The second kappa shape index (κ2) is 11.2. The van der Waals surface area contributed by atoms with Crippen LogP contribution in [0.5, 0.6) is 0 Å². The minimum Gasteiger partial charge on any atom is -0.365 e. The van der Waals surface area contributed by atoms with Gasteiger partial charge in [0.1, 0.15) is 5.56 Å². The van der Waals surface area contributed by atoms with E-state index in [1.807, 2.05) is 79.4 Å². The van der Waals surface area contributed by atoms with E-state index in [-0.39, 0.29) is 23.1 Å². The highest BCUT2D eigenvalue weighted by atomic mass is 35.5. The Hall–Kier alpha value is -5.28. The lowest BCUT2D eigenvalue weighted by Crippen LogP contribution is -2.34. The number of hydrogen-bond acceptors (Lipinski definition) is 5. The van der Waals surface area contributed by atoms with Crippen molar-refractivity contribution < 1.29 is 9.59 Å². The Morgan fingerprint density at radius 1 is 1.00 bits per heavy atom. The molecular weight excluding hydrogens is 624 g/mol. The van der Waals surface area contributed by atoms with Crippen molar-refractivity contribution in [2.24, 2.45) is 11.7 Å². The fourth-order valence-electron chi connectivity index (χ4n) is 7.29. The average molecular weight is 657 g/mol. The van der Waals surface area contributed by atoms with E-state index in [2.05, 4.69) is 6.92 Å². The van der Waals surface area contributed by atoms with E-state index in [9.17, 15) is 14.4 Å². The molecule has 2 N–H and O–H groups in total. The van der Waals surface area contributed by atoms with E-state index in [4.69, 9.17) is 27.4 Å². The zero-order valence-electron chi connectivity index (χ0n) is 26.8. The summed E-state index contributed by atoms with van der Waals surface area (Å²) in [6.45, 7) is 6.57. The van der Waals surface area contributed by atoms with Crippen LogP contribution < -0.4 is 11.3 Å². The summed E-state index contributed by atoms with van der Waals surface area (Å²) in [5.41, 5.74) is 12.1. The number of carbonyl (C=O) groups excluding carboxylic acids is 2. The Bertz CT molecular complexity index is 2380. The van der Waals surface area contributed by atoms with Crippen molar-refractivity contribution in [3.8, 4) is 16.9 Å². The molecule has 0 saturated heterocycles. The molecule has 1 saturated carbocycles. The molecule has 48 heavy (non-hydrogen) atoms. The SMILES string of the molecule is Cc1cc(-c2ccn3nc([C@@H](C)c4cc5cccc(Cl)c5c(=O)n4-c4ccccc4)c(C(N)=O)c3n2)cc2c1C(=O)N([C@@H](C)C1CC1)C2. The number of rotatable bonds is 7. The largest absolute Gasteiger partial charge is 0.365 e. The van der Waals surface area contributed by atoms with Crippen molar-refractivity contribution in [3.05, 3.63) is 128 Å². The van der Waals surface area contributed by atoms with Crippen molar-refractivity contribution in [3.63, 3.8) is 0 Å².